The monoisotopic (exact) mass is 392 g/mol. The van der Waals surface area contributed by atoms with E-state index in [1.165, 1.54) is 19.8 Å². The van der Waals surface area contributed by atoms with Crippen molar-refractivity contribution in [2.24, 2.45) is 0 Å². The van der Waals surface area contributed by atoms with E-state index >= 15 is 0 Å². The Morgan fingerprint density at radius 2 is 1.78 bits per heavy atom. The quantitative estimate of drug-likeness (QED) is 0.787. The number of hydrogen-bond acceptors (Lipinski definition) is 4. The number of halogens is 1. The molecule has 122 valence electrons. The van der Waals surface area contributed by atoms with Gasteiger partial charge in [-0.3, -0.25) is 9.80 Å². The Bertz CT molecular complexity index is 679. The number of hydrogen-bond donors (Lipinski definition) is 0. The van der Waals surface area contributed by atoms with E-state index < -0.39 is 0 Å². The fourth-order valence-corrected chi connectivity index (χ4v) is 4.88. The van der Waals surface area contributed by atoms with Crippen LogP contribution < -0.4 is 4.74 Å². The molecule has 4 rings (SSSR count). The van der Waals surface area contributed by atoms with E-state index in [-0.39, 0.29) is 0 Å². The standard InChI is InChI=1S/C18H21BrN2OS/c19-18-4-2-16(23-18)13-21-8-6-20(7-9-21)12-14-1-3-17-15(11-14)5-10-22-17/h1-4,11H,5-10,12-13H2. The average molecular weight is 393 g/mol. The van der Waals surface area contributed by atoms with E-state index in [1.807, 2.05) is 11.3 Å². The molecule has 1 fully saturated rings. The normalized spacial score (nSPS) is 18.8. The van der Waals surface area contributed by atoms with Gasteiger partial charge in [-0.1, -0.05) is 12.1 Å². The molecule has 0 unspecified atom stereocenters. The molecule has 0 saturated carbocycles. The highest BCUT2D eigenvalue weighted by atomic mass is 79.9. The Hall–Kier alpha value is -0.880. The zero-order chi connectivity index (χ0) is 15.6. The number of piperazine rings is 1. The molecule has 23 heavy (non-hydrogen) atoms. The number of ether oxygens (including phenoxy) is 1. The first-order valence-corrected chi connectivity index (χ1v) is 9.81. The van der Waals surface area contributed by atoms with Gasteiger partial charge in [0, 0.05) is 50.6 Å². The highest BCUT2D eigenvalue weighted by Gasteiger charge is 2.19. The van der Waals surface area contributed by atoms with Crippen molar-refractivity contribution in [1.82, 2.24) is 9.80 Å². The second kappa shape index (κ2) is 6.93. The van der Waals surface area contributed by atoms with Gasteiger partial charge in [0.25, 0.3) is 0 Å². The van der Waals surface area contributed by atoms with Gasteiger partial charge < -0.3 is 4.74 Å². The molecule has 2 aliphatic heterocycles. The van der Waals surface area contributed by atoms with Crippen LogP contribution in [0.3, 0.4) is 0 Å². The van der Waals surface area contributed by atoms with E-state index in [4.69, 9.17) is 4.74 Å². The summed E-state index contributed by atoms with van der Waals surface area (Å²) in [5.74, 6) is 1.08. The minimum atomic E-state index is 0.844. The molecule has 3 nitrogen and oxygen atoms in total. The molecule has 0 amide bonds. The van der Waals surface area contributed by atoms with Gasteiger partial charge in [-0.2, -0.15) is 0 Å². The molecule has 2 aromatic rings. The Balaban J connectivity index is 1.29. The van der Waals surface area contributed by atoms with Crippen molar-refractivity contribution in [1.29, 1.82) is 0 Å². The molecule has 3 heterocycles. The van der Waals surface area contributed by atoms with Crippen LogP contribution in [0.25, 0.3) is 0 Å². The Labute approximate surface area is 150 Å². The highest BCUT2D eigenvalue weighted by Crippen LogP contribution is 2.27. The molecule has 1 aromatic carbocycles. The third-order valence-corrected chi connectivity index (χ3v) is 6.24. The lowest BCUT2D eigenvalue weighted by Crippen LogP contribution is -2.45. The summed E-state index contributed by atoms with van der Waals surface area (Å²) in [4.78, 5) is 6.58. The zero-order valence-corrected chi connectivity index (χ0v) is 15.5. The summed E-state index contributed by atoms with van der Waals surface area (Å²) in [6.07, 6.45) is 1.06. The van der Waals surface area contributed by atoms with Gasteiger partial charge in [0.1, 0.15) is 5.75 Å². The Morgan fingerprint density at radius 3 is 2.52 bits per heavy atom. The van der Waals surface area contributed by atoms with Crippen molar-refractivity contribution in [3.8, 4) is 5.75 Å². The topological polar surface area (TPSA) is 15.7 Å². The molecule has 0 bridgehead atoms. The first-order valence-electron chi connectivity index (χ1n) is 8.20. The second-order valence-corrected chi connectivity index (χ2v) is 8.85. The lowest BCUT2D eigenvalue weighted by Gasteiger charge is -2.34. The van der Waals surface area contributed by atoms with Gasteiger partial charge in [-0.05, 0) is 45.3 Å². The molecular weight excluding hydrogens is 372 g/mol. The number of thiophene rings is 1. The van der Waals surface area contributed by atoms with Crippen LogP contribution in [0.2, 0.25) is 0 Å². The van der Waals surface area contributed by atoms with Crippen LogP contribution in [-0.4, -0.2) is 42.6 Å². The molecule has 0 radical (unpaired) electrons. The minimum Gasteiger partial charge on any atom is -0.493 e. The van der Waals surface area contributed by atoms with Gasteiger partial charge in [0.05, 0.1) is 10.4 Å². The first kappa shape index (κ1) is 15.6. The van der Waals surface area contributed by atoms with Crippen LogP contribution in [0.5, 0.6) is 5.75 Å². The van der Waals surface area contributed by atoms with Crippen molar-refractivity contribution in [2.75, 3.05) is 32.8 Å². The third kappa shape index (κ3) is 3.79. The fraction of sp³-hybridized carbons (Fsp3) is 0.444. The molecule has 0 spiro atoms. The Morgan fingerprint density at radius 1 is 1.00 bits per heavy atom. The molecule has 1 aromatic heterocycles. The summed E-state index contributed by atoms with van der Waals surface area (Å²) < 4.78 is 6.82. The number of nitrogens with zero attached hydrogens (tertiary/aromatic N) is 2. The van der Waals surface area contributed by atoms with Gasteiger partial charge in [0.2, 0.25) is 0 Å². The molecule has 0 N–H and O–H groups in total. The maximum atomic E-state index is 5.59. The lowest BCUT2D eigenvalue weighted by molar-refractivity contribution is 0.123. The molecule has 2 aliphatic rings. The third-order valence-electron chi connectivity index (χ3n) is 4.63. The second-order valence-electron chi connectivity index (χ2n) is 6.30. The maximum Gasteiger partial charge on any atom is 0.122 e. The van der Waals surface area contributed by atoms with Crippen LogP contribution in [0, 0.1) is 0 Å². The molecular formula is C18H21BrN2OS. The number of fused-ring (bicyclic) bond motifs is 1. The summed E-state index contributed by atoms with van der Waals surface area (Å²) >= 11 is 5.39. The Kier molecular flexibility index (Phi) is 4.71. The molecule has 5 heteroatoms. The minimum absolute atomic E-state index is 0.844. The lowest BCUT2D eigenvalue weighted by atomic mass is 10.1. The van der Waals surface area contributed by atoms with Crippen molar-refractivity contribution in [2.45, 2.75) is 19.5 Å². The van der Waals surface area contributed by atoms with Crippen LogP contribution in [0.4, 0.5) is 0 Å². The number of benzene rings is 1. The summed E-state index contributed by atoms with van der Waals surface area (Å²) in [6.45, 7) is 7.61. The van der Waals surface area contributed by atoms with E-state index in [0.717, 1.165) is 58.0 Å². The van der Waals surface area contributed by atoms with Gasteiger partial charge in [-0.15, -0.1) is 11.3 Å². The molecule has 0 atom stereocenters. The summed E-state index contributed by atoms with van der Waals surface area (Å²) in [6, 6.07) is 11.1. The number of rotatable bonds is 4. The van der Waals surface area contributed by atoms with Gasteiger partial charge in [0.15, 0.2) is 0 Å². The zero-order valence-electron chi connectivity index (χ0n) is 13.1. The smallest absolute Gasteiger partial charge is 0.122 e. The van der Waals surface area contributed by atoms with Gasteiger partial charge in [-0.25, -0.2) is 0 Å². The summed E-state index contributed by atoms with van der Waals surface area (Å²) in [5.41, 5.74) is 2.80. The fourth-order valence-electron chi connectivity index (χ4n) is 3.36. The summed E-state index contributed by atoms with van der Waals surface area (Å²) in [7, 11) is 0. The van der Waals surface area contributed by atoms with E-state index in [2.05, 4.69) is 56.1 Å². The molecule has 0 aliphatic carbocycles. The van der Waals surface area contributed by atoms with E-state index in [9.17, 15) is 0 Å². The molecule has 1 saturated heterocycles. The summed E-state index contributed by atoms with van der Waals surface area (Å²) in [5, 5.41) is 0. The van der Waals surface area contributed by atoms with Crippen LogP contribution in [-0.2, 0) is 19.5 Å². The van der Waals surface area contributed by atoms with Crippen molar-refractivity contribution < 1.29 is 4.74 Å². The predicted molar refractivity (Wildman–Crippen MR) is 98.2 cm³/mol. The van der Waals surface area contributed by atoms with Crippen LogP contribution in [0.15, 0.2) is 34.1 Å². The van der Waals surface area contributed by atoms with Crippen LogP contribution >= 0.6 is 27.3 Å². The largest absolute Gasteiger partial charge is 0.493 e. The maximum absolute atomic E-state index is 5.59. The van der Waals surface area contributed by atoms with Crippen LogP contribution in [0.1, 0.15) is 16.0 Å². The SMILES string of the molecule is Brc1ccc(CN2CCN(Cc3ccc4c(c3)CCO4)CC2)s1. The van der Waals surface area contributed by atoms with E-state index in [1.54, 1.807) is 0 Å². The van der Waals surface area contributed by atoms with Crippen molar-refractivity contribution in [3.63, 3.8) is 0 Å². The highest BCUT2D eigenvalue weighted by molar-refractivity contribution is 9.11. The van der Waals surface area contributed by atoms with Crippen molar-refractivity contribution in [3.05, 3.63) is 50.1 Å². The van der Waals surface area contributed by atoms with Gasteiger partial charge >= 0.3 is 0 Å². The first-order chi connectivity index (χ1) is 11.3. The predicted octanol–water partition coefficient (Wildman–Crippen LogP) is 3.76. The van der Waals surface area contributed by atoms with E-state index in [0.29, 0.717) is 0 Å². The van der Waals surface area contributed by atoms with Crippen molar-refractivity contribution >= 4 is 27.3 Å². The average Bonchev–Trinajstić information content (AvgIpc) is 3.17.